The van der Waals surface area contributed by atoms with E-state index in [1.165, 1.54) is 7.11 Å². The third-order valence-electron chi connectivity index (χ3n) is 5.67. The van der Waals surface area contributed by atoms with Gasteiger partial charge in [0.2, 0.25) is 6.79 Å². The van der Waals surface area contributed by atoms with Crippen molar-refractivity contribution in [3.63, 3.8) is 0 Å². The van der Waals surface area contributed by atoms with Gasteiger partial charge in [-0.2, -0.15) is 0 Å². The molecule has 0 spiro atoms. The fourth-order valence-electron chi connectivity index (χ4n) is 4.07. The molecular weight excluding hydrogens is 374 g/mol. The molecule has 2 fully saturated rings. The summed E-state index contributed by atoms with van der Waals surface area (Å²) in [5.74, 6) is 1.34. The van der Waals surface area contributed by atoms with Crippen LogP contribution in [0.15, 0.2) is 18.2 Å². The Morgan fingerprint density at radius 2 is 2.07 bits per heavy atom. The molecule has 0 amide bonds. The van der Waals surface area contributed by atoms with Crippen molar-refractivity contribution < 1.29 is 28.5 Å². The lowest BCUT2D eigenvalue weighted by molar-refractivity contribution is -0.168. The summed E-state index contributed by atoms with van der Waals surface area (Å²) in [6.45, 7) is 3.05. The highest BCUT2D eigenvalue weighted by atomic mass is 16.7. The van der Waals surface area contributed by atoms with Crippen LogP contribution < -0.4 is 9.47 Å². The fourth-order valence-corrected chi connectivity index (χ4v) is 4.07. The number of esters is 1. The van der Waals surface area contributed by atoms with Crippen LogP contribution in [0.1, 0.15) is 43.2 Å². The van der Waals surface area contributed by atoms with Crippen LogP contribution in [0.5, 0.6) is 11.5 Å². The van der Waals surface area contributed by atoms with Crippen molar-refractivity contribution >= 4 is 12.0 Å². The SMILES string of the molecule is COC(=O)C1CCCN1C/C=C/c1cc2c(cc1COC1CCCCO1)OCO2. The van der Waals surface area contributed by atoms with Gasteiger partial charge in [-0.15, -0.1) is 0 Å². The molecule has 2 saturated heterocycles. The summed E-state index contributed by atoms with van der Waals surface area (Å²) in [6, 6.07) is 3.83. The van der Waals surface area contributed by atoms with Gasteiger partial charge in [0, 0.05) is 13.2 Å². The van der Waals surface area contributed by atoms with Gasteiger partial charge in [-0.1, -0.05) is 12.2 Å². The monoisotopic (exact) mass is 403 g/mol. The normalized spacial score (nSPS) is 24.3. The first-order valence-corrected chi connectivity index (χ1v) is 10.4. The summed E-state index contributed by atoms with van der Waals surface area (Å²) in [6.07, 6.45) is 9.03. The van der Waals surface area contributed by atoms with Crippen LogP contribution in [0.3, 0.4) is 0 Å². The molecule has 0 radical (unpaired) electrons. The van der Waals surface area contributed by atoms with E-state index in [0.29, 0.717) is 13.2 Å². The molecule has 29 heavy (non-hydrogen) atoms. The Morgan fingerprint density at radius 3 is 2.86 bits per heavy atom. The van der Waals surface area contributed by atoms with Gasteiger partial charge in [0.05, 0.1) is 13.7 Å². The number of carbonyl (C=O) groups excluding carboxylic acids is 1. The van der Waals surface area contributed by atoms with E-state index in [-0.39, 0.29) is 25.1 Å². The Bertz CT molecular complexity index is 743. The summed E-state index contributed by atoms with van der Waals surface area (Å²) in [4.78, 5) is 14.1. The third kappa shape index (κ3) is 4.91. The largest absolute Gasteiger partial charge is 0.468 e. The van der Waals surface area contributed by atoms with Crippen LogP contribution in [0.2, 0.25) is 0 Å². The van der Waals surface area contributed by atoms with Crippen LogP contribution >= 0.6 is 0 Å². The molecule has 1 aromatic rings. The number of methoxy groups -OCH3 is 1. The zero-order valence-electron chi connectivity index (χ0n) is 16.9. The van der Waals surface area contributed by atoms with Gasteiger partial charge in [0.15, 0.2) is 17.8 Å². The maximum atomic E-state index is 11.9. The van der Waals surface area contributed by atoms with Crippen LogP contribution in [-0.4, -0.2) is 56.8 Å². The Labute approximate surface area is 171 Å². The molecule has 0 aromatic heterocycles. The highest BCUT2D eigenvalue weighted by molar-refractivity contribution is 5.76. The number of likely N-dealkylation sites (tertiary alicyclic amines) is 1. The zero-order chi connectivity index (χ0) is 20.1. The molecule has 7 nitrogen and oxygen atoms in total. The van der Waals surface area contributed by atoms with E-state index in [2.05, 4.69) is 17.1 Å². The van der Waals surface area contributed by atoms with Crippen molar-refractivity contribution in [3.05, 3.63) is 29.3 Å². The molecule has 158 valence electrons. The number of hydrogen-bond acceptors (Lipinski definition) is 7. The van der Waals surface area contributed by atoms with Crippen LogP contribution in [0.25, 0.3) is 6.08 Å². The first-order valence-electron chi connectivity index (χ1n) is 10.4. The van der Waals surface area contributed by atoms with Crippen molar-refractivity contribution in [2.45, 2.75) is 51.0 Å². The maximum Gasteiger partial charge on any atom is 0.323 e. The molecule has 2 unspecified atom stereocenters. The Hall–Kier alpha value is -2.09. The third-order valence-corrected chi connectivity index (χ3v) is 5.67. The first-order chi connectivity index (χ1) is 14.2. The Kier molecular flexibility index (Phi) is 6.69. The first kappa shape index (κ1) is 20.2. The molecule has 0 bridgehead atoms. The molecule has 0 aliphatic carbocycles. The highest BCUT2D eigenvalue weighted by Crippen LogP contribution is 2.36. The summed E-state index contributed by atoms with van der Waals surface area (Å²) in [5.41, 5.74) is 2.06. The molecule has 1 aromatic carbocycles. The topological polar surface area (TPSA) is 66.5 Å². The number of fused-ring (bicyclic) bond motifs is 1. The smallest absolute Gasteiger partial charge is 0.323 e. The molecule has 0 N–H and O–H groups in total. The summed E-state index contributed by atoms with van der Waals surface area (Å²) >= 11 is 0. The predicted octanol–water partition coefficient (Wildman–Crippen LogP) is 3.11. The molecule has 3 aliphatic rings. The average Bonchev–Trinajstić information content (AvgIpc) is 3.41. The second-order valence-corrected chi connectivity index (χ2v) is 7.59. The molecule has 7 heteroatoms. The molecule has 4 rings (SSSR count). The minimum atomic E-state index is -0.152. The number of hydrogen-bond donors (Lipinski definition) is 0. The van der Waals surface area contributed by atoms with Crippen LogP contribution in [0, 0.1) is 0 Å². The van der Waals surface area contributed by atoms with E-state index in [4.69, 9.17) is 23.7 Å². The van der Waals surface area contributed by atoms with Crippen molar-refractivity contribution in [2.75, 3.05) is 33.6 Å². The highest BCUT2D eigenvalue weighted by Gasteiger charge is 2.30. The molecule has 3 aliphatic heterocycles. The quantitative estimate of drug-likeness (QED) is 0.648. The standard InChI is InChI=1S/C22H29NO6/c1-25-22(24)18-7-5-10-23(18)9-4-6-16-12-19-20(29-15-28-19)13-17(16)14-27-21-8-2-3-11-26-21/h4,6,12-13,18,21H,2-3,5,7-11,14-15H2,1H3/b6-4+. The second kappa shape index (κ2) is 9.61. The minimum absolute atomic E-state index is 0.142. The van der Waals surface area contributed by atoms with E-state index in [9.17, 15) is 4.79 Å². The minimum Gasteiger partial charge on any atom is -0.468 e. The maximum absolute atomic E-state index is 11.9. The van der Waals surface area contributed by atoms with Gasteiger partial charge in [-0.05, 0) is 61.9 Å². The average molecular weight is 403 g/mol. The van der Waals surface area contributed by atoms with E-state index >= 15 is 0 Å². The number of ether oxygens (including phenoxy) is 5. The zero-order valence-corrected chi connectivity index (χ0v) is 16.9. The van der Waals surface area contributed by atoms with Crippen LogP contribution in [0.4, 0.5) is 0 Å². The van der Waals surface area contributed by atoms with Crippen molar-refractivity contribution in [3.8, 4) is 11.5 Å². The van der Waals surface area contributed by atoms with E-state index in [1.807, 2.05) is 12.1 Å². The molecular formula is C22H29NO6. The van der Waals surface area contributed by atoms with Gasteiger partial charge in [0.25, 0.3) is 0 Å². The fraction of sp³-hybridized carbons (Fsp3) is 0.591. The lowest BCUT2D eigenvalue weighted by Gasteiger charge is -2.23. The van der Waals surface area contributed by atoms with Crippen molar-refractivity contribution in [1.82, 2.24) is 4.90 Å². The summed E-state index contributed by atoms with van der Waals surface area (Å²) < 4.78 is 27.7. The lowest BCUT2D eigenvalue weighted by Crippen LogP contribution is -2.36. The summed E-state index contributed by atoms with van der Waals surface area (Å²) in [5, 5.41) is 0. The number of rotatable bonds is 7. The second-order valence-electron chi connectivity index (χ2n) is 7.59. The predicted molar refractivity (Wildman–Crippen MR) is 107 cm³/mol. The van der Waals surface area contributed by atoms with E-state index in [1.54, 1.807) is 0 Å². The van der Waals surface area contributed by atoms with Gasteiger partial charge in [-0.3, -0.25) is 9.69 Å². The van der Waals surface area contributed by atoms with Gasteiger partial charge < -0.3 is 23.7 Å². The van der Waals surface area contributed by atoms with Gasteiger partial charge in [-0.25, -0.2) is 0 Å². The number of benzene rings is 1. The number of carbonyl (C=O) groups is 1. The Balaban J connectivity index is 1.43. The molecule has 2 atom stereocenters. The van der Waals surface area contributed by atoms with Gasteiger partial charge >= 0.3 is 5.97 Å². The van der Waals surface area contributed by atoms with Crippen molar-refractivity contribution in [2.24, 2.45) is 0 Å². The van der Waals surface area contributed by atoms with E-state index < -0.39 is 0 Å². The molecule has 3 heterocycles. The van der Waals surface area contributed by atoms with Crippen LogP contribution in [-0.2, 0) is 25.6 Å². The van der Waals surface area contributed by atoms with E-state index in [0.717, 1.165) is 67.9 Å². The number of nitrogens with zero attached hydrogens (tertiary/aromatic N) is 1. The lowest BCUT2D eigenvalue weighted by atomic mass is 10.1. The van der Waals surface area contributed by atoms with Gasteiger partial charge in [0.1, 0.15) is 6.04 Å². The Morgan fingerprint density at radius 1 is 1.21 bits per heavy atom. The van der Waals surface area contributed by atoms with Crippen molar-refractivity contribution in [1.29, 1.82) is 0 Å². The summed E-state index contributed by atoms with van der Waals surface area (Å²) in [7, 11) is 1.45. The molecule has 0 saturated carbocycles.